The Balaban J connectivity index is 1.36. The van der Waals surface area contributed by atoms with Crippen LogP contribution in [0.3, 0.4) is 0 Å². The number of fused-ring (bicyclic) bond motifs is 2. The summed E-state index contributed by atoms with van der Waals surface area (Å²) in [5.41, 5.74) is 3.44. The molecule has 4 rings (SSSR count). The van der Waals surface area contributed by atoms with Gasteiger partial charge in [-0.15, -0.1) is 0 Å². The first-order chi connectivity index (χ1) is 13.2. The van der Waals surface area contributed by atoms with Crippen LogP contribution in [0.2, 0.25) is 0 Å². The van der Waals surface area contributed by atoms with Crippen LogP contribution >= 0.6 is 0 Å². The van der Waals surface area contributed by atoms with Crippen LogP contribution in [0.4, 0.5) is 5.69 Å². The molecule has 0 saturated heterocycles. The van der Waals surface area contributed by atoms with Crippen molar-refractivity contribution in [3.63, 3.8) is 0 Å². The Morgan fingerprint density at radius 3 is 2.59 bits per heavy atom. The maximum absolute atomic E-state index is 12.0. The number of anilines is 1. The molecule has 0 spiro atoms. The summed E-state index contributed by atoms with van der Waals surface area (Å²) in [7, 11) is 0. The maximum Gasteiger partial charge on any atom is 0.329 e. The van der Waals surface area contributed by atoms with Gasteiger partial charge in [0.2, 0.25) is 6.79 Å². The molecule has 0 fully saturated rings. The fourth-order valence-corrected chi connectivity index (χ4v) is 2.66. The molecule has 7 heteroatoms. The average Bonchev–Trinajstić information content (AvgIpc) is 3.15. The smallest absolute Gasteiger partial charge is 0.329 e. The average molecular weight is 361 g/mol. The quantitative estimate of drug-likeness (QED) is 0.426. The van der Waals surface area contributed by atoms with E-state index in [9.17, 15) is 9.59 Å². The van der Waals surface area contributed by atoms with E-state index in [1.807, 2.05) is 30.3 Å². The molecule has 0 bridgehead atoms. The Bertz CT molecular complexity index is 1060. The van der Waals surface area contributed by atoms with E-state index < -0.39 is 11.8 Å². The third kappa shape index (κ3) is 3.72. The van der Waals surface area contributed by atoms with Gasteiger partial charge in [-0.05, 0) is 46.7 Å². The van der Waals surface area contributed by atoms with E-state index in [0.29, 0.717) is 22.7 Å². The first-order valence-electron chi connectivity index (χ1n) is 8.22. The van der Waals surface area contributed by atoms with Crippen molar-refractivity contribution in [2.24, 2.45) is 5.10 Å². The highest BCUT2D eigenvalue weighted by Crippen LogP contribution is 2.31. The first-order valence-corrected chi connectivity index (χ1v) is 8.22. The summed E-state index contributed by atoms with van der Waals surface area (Å²) < 4.78 is 10.5. The van der Waals surface area contributed by atoms with Crippen LogP contribution in [0.5, 0.6) is 11.5 Å². The van der Waals surface area contributed by atoms with Gasteiger partial charge in [-0.3, -0.25) is 9.59 Å². The Morgan fingerprint density at radius 2 is 1.70 bits per heavy atom. The number of nitrogens with zero attached hydrogens (tertiary/aromatic N) is 1. The lowest BCUT2D eigenvalue weighted by Gasteiger charge is -2.05. The van der Waals surface area contributed by atoms with Crippen molar-refractivity contribution in [1.29, 1.82) is 0 Å². The van der Waals surface area contributed by atoms with Crippen LogP contribution < -0.4 is 20.2 Å². The molecule has 0 aromatic heterocycles. The Morgan fingerprint density at radius 1 is 0.889 bits per heavy atom. The third-order valence-corrected chi connectivity index (χ3v) is 3.99. The minimum Gasteiger partial charge on any atom is -0.454 e. The van der Waals surface area contributed by atoms with Crippen LogP contribution in [0.15, 0.2) is 65.8 Å². The zero-order valence-electron chi connectivity index (χ0n) is 14.1. The van der Waals surface area contributed by atoms with E-state index in [2.05, 4.69) is 15.8 Å². The molecule has 0 atom stereocenters. The van der Waals surface area contributed by atoms with Gasteiger partial charge in [-0.2, -0.15) is 5.10 Å². The Kier molecular flexibility index (Phi) is 4.40. The van der Waals surface area contributed by atoms with Gasteiger partial charge in [0.15, 0.2) is 11.5 Å². The van der Waals surface area contributed by atoms with Crippen molar-refractivity contribution < 1.29 is 19.1 Å². The van der Waals surface area contributed by atoms with Crippen molar-refractivity contribution >= 4 is 34.5 Å². The number of hydrazone groups is 1. The molecule has 1 heterocycles. The van der Waals surface area contributed by atoms with Crippen LogP contribution in [-0.2, 0) is 9.59 Å². The predicted molar refractivity (Wildman–Crippen MR) is 101 cm³/mol. The number of hydrogen-bond acceptors (Lipinski definition) is 5. The van der Waals surface area contributed by atoms with Gasteiger partial charge in [0.1, 0.15) is 0 Å². The third-order valence-electron chi connectivity index (χ3n) is 3.99. The minimum absolute atomic E-state index is 0.182. The molecule has 3 aromatic carbocycles. The number of benzene rings is 3. The molecule has 27 heavy (non-hydrogen) atoms. The number of nitrogens with one attached hydrogen (secondary N) is 2. The van der Waals surface area contributed by atoms with Gasteiger partial charge >= 0.3 is 11.8 Å². The van der Waals surface area contributed by atoms with Crippen molar-refractivity contribution in [3.05, 3.63) is 66.2 Å². The Hall–Kier alpha value is -3.87. The number of carbonyl (C=O) groups is 2. The van der Waals surface area contributed by atoms with E-state index in [0.717, 1.165) is 10.8 Å². The monoisotopic (exact) mass is 361 g/mol. The van der Waals surface area contributed by atoms with Crippen LogP contribution in [0.25, 0.3) is 10.8 Å². The topological polar surface area (TPSA) is 89.0 Å². The fraction of sp³-hybridized carbons (Fsp3) is 0.0500. The molecule has 134 valence electrons. The maximum atomic E-state index is 12.0. The molecule has 0 radical (unpaired) electrons. The second kappa shape index (κ2) is 7.17. The zero-order chi connectivity index (χ0) is 18.6. The molecular weight excluding hydrogens is 346 g/mol. The summed E-state index contributed by atoms with van der Waals surface area (Å²) in [5, 5.41) is 8.37. The van der Waals surface area contributed by atoms with E-state index >= 15 is 0 Å². The zero-order valence-corrected chi connectivity index (χ0v) is 14.1. The van der Waals surface area contributed by atoms with Gasteiger partial charge in [0, 0.05) is 5.69 Å². The fourth-order valence-electron chi connectivity index (χ4n) is 2.66. The predicted octanol–water partition coefficient (Wildman–Crippen LogP) is 2.66. The number of carbonyl (C=O) groups excluding carboxylic acids is 2. The summed E-state index contributed by atoms with van der Waals surface area (Å²) in [6.07, 6.45) is 1.42. The van der Waals surface area contributed by atoms with Crippen LogP contribution in [-0.4, -0.2) is 24.8 Å². The summed E-state index contributed by atoms with van der Waals surface area (Å²) in [6, 6.07) is 18.4. The van der Waals surface area contributed by atoms with E-state index in [1.165, 1.54) is 6.21 Å². The second-order valence-electron chi connectivity index (χ2n) is 5.83. The molecule has 0 unspecified atom stereocenters. The summed E-state index contributed by atoms with van der Waals surface area (Å²) in [6.45, 7) is 0.182. The molecule has 0 aliphatic carbocycles. The molecule has 2 N–H and O–H groups in total. The first kappa shape index (κ1) is 16.6. The number of ether oxygens (including phenoxy) is 2. The summed E-state index contributed by atoms with van der Waals surface area (Å²) in [4.78, 5) is 23.9. The van der Waals surface area contributed by atoms with Crippen molar-refractivity contribution in [2.75, 3.05) is 12.1 Å². The lowest BCUT2D eigenvalue weighted by atomic mass is 10.1. The molecule has 7 nitrogen and oxygen atoms in total. The number of amides is 2. The SMILES string of the molecule is O=C(NN=Cc1ccc2c(c1)OCO2)C(=O)Nc1ccc2ccccc2c1. The molecule has 1 aliphatic rings. The van der Waals surface area contributed by atoms with Crippen molar-refractivity contribution in [3.8, 4) is 11.5 Å². The lowest BCUT2D eigenvalue weighted by molar-refractivity contribution is -0.136. The van der Waals surface area contributed by atoms with Gasteiger partial charge in [0.25, 0.3) is 0 Å². The van der Waals surface area contributed by atoms with Crippen molar-refractivity contribution in [1.82, 2.24) is 5.43 Å². The van der Waals surface area contributed by atoms with Crippen LogP contribution in [0.1, 0.15) is 5.56 Å². The highest BCUT2D eigenvalue weighted by molar-refractivity contribution is 6.39. The molecule has 1 aliphatic heterocycles. The molecule has 3 aromatic rings. The summed E-state index contributed by atoms with van der Waals surface area (Å²) in [5.74, 6) is -0.390. The van der Waals surface area contributed by atoms with Crippen LogP contribution in [0, 0.1) is 0 Å². The largest absolute Gasteiger partial charge is 0.454 e. The molecule has 0 saturated carbocycles. The highest BCUT2D eigenvalue weighted by atomic mass is 16.7. The van der Waals surface area contributed by atoms with Gasteiger partial charge < -0.3 is 14.8 Å². The van der Waals surface area contributed by atoms with Crippen molar-refractivity contribution in [2.45, 2.75) is 0 Å². The van der Waals surface area contributed by atoms with Gasteiger partial charge in [-0.1, -0.05) is 30.3 Å². The van der Waals surface area contributed by atoms with Gasteiger partial charge in [0.05, 0.1) is 6.21 Å². The summed E-state index contributed by atoms with van der Waals surface area (Å²) >= 11 is 0. The standard InChI is InChI=1S/C20H15N3O4/c24-19(22-16-7-6-14-3-1-2-4-15(14)10-16)20(25)23-21-11-13-5-8-17-18(9-13)27-12-26-17/h1-11H,12H2,(H,22,24)(H,23,25). The van der Waals surface area contributed by atoms with E-state index in [-0.39, 0.29) is 6.79 Å². The molecule has 2 amide bonds. The molecular formula is C20H15N3O4. The Labute approximate surface area is 154 Å². The second-order valence-corrected chi connectivity index (χ2v) is 5.83. The number of hydrogen-bond donors (Lipinski definition) is 2. The van der Waals surface area contributed by atoms with Gasteiger partial charge in [-0.25, -0.2) is 5.43 Å². The normalized spacial score (nSPS) is 12.3. The van der Waals surface area contributed by atoms with E-state index in [4.69, 9.17) is 9.47 Å². The van der Waals surface area contributed by atoms with E-state index in [1.54, 1.807) is 30.3 Å². The lowest BCUT2D eigenvalue weighted by Crippen LogP contribution is -2.32. The highest BCUT2D eigenvalue weighted by Gasteiger charge is 2.14. The number of rotatable bonds is 3. The minimum atomic E-state index is -0.861.